The Morgan fingerprint density at radius 2 is 2.15 bits per heavy atom. The standard InChI is InChI=1S/C15H14F3N5O3/c1-7-5-8(12(24)19-10-6-23(2)21-13(10)25)3-4-9(7)11-20-14(26-22-11)15(16,17)18/h3-5,10H,6H2,1-2H3,(H,19,24)(H,21,25). The number of rotatable bonds is 3. The van der Waals surface area contributed by atoms with Crippen molar-refractivity contribution in [3.63, 3.8) is 0 Å². The minimum absolute atomic E-state index is 0.224. The lowest BCUT2D eigenvalue weighted by Gasteiger charge is -2.11. The van der Waals surface area contributed by atoms with Gasteiger partial charge in [-0.3, -0.25) is 15.0 Å². The minimum atomic E-state index is -4.73. The number of halogens is 3. The first-order chi connectivity index (χ1) is 12.1. The van der Waals surface area contributed by atoms with Gasteiger partial charge >= 0.3 is 12.1 Å². The van der Waals surface area contributed by atoms with Gasteiger partial charge in [-0.25, -0.2) is 5.01 Å². The number of benzene rings is 1. The van der Waals surface area contributed by atoms with E-state index in [1.807, 2.05) is 0 Å². The van der Waals surface area contributed by atoms with E-state index >= 15 is 0 Å². The molecule has 1 aromatic carbocycles. The fraction of sp³-hybridized carbons (Fsp3) is 0.333. The number of likely N-dealkylation sites (N-methyl/N-ethyl adjacent to an activating group) is 1. The first kappa shape index (κ1) is 17.9. The number of nitrogens with zero attached hydrogens (tertiary/aromatic N) is 3. The molecule has 2 amide bonds. The van der Waals surface area contributed by atoms with Gasteiger partial charge in [0.15, 0.2) is 0 Å². The average Bonchev–Trinajstić information content (AvgIpc) is 3.14. The summed E-state index contributed by atoms with van der Waals surface area (Å²) in [5, 5.41) is 7.47. The SMILES string of the molecule is Cc1cc(C(=O)NC2CN(C)NC2=O)ccc1-c1noc(C(F)(F)F)n1. The highest BCUT2D eigenvalue weighted by atomic mass is 19.4. The summed E-state index contributed by atoms with van der Waals surface area (Å²) in [6.07, 6.45) is -4.73. The Morgan fingerprint density at radius 1 is 1.42 bits per heavy atom. The van der Waals surface area contributed by atoms with Crippen LogP contribution in [0.25, 0.3) is 11.4 Å². The van der Waals surface area contributed by atoms with Gasteiger partial charge in [0, 0.05) is 24.7 Å². The number of nitrogens with one attached hydrogen (secondary N) is 2. The largest absolute Gasteiger partial charge is 0.471 e. The Bertz CT molecular complexity index is 864. The lowest BCUT2D eigenvalue weighted by atomic mass is 10.0. The van der Waals surface area contributed by atoms with Crippen molar-refractivity contribution in [2.45, 2.75) is 19.1 Å². The van der Waals surface area contributed by atoms with Crippen molar-refractivity contribution in [1.29, 1.82) is 0 Å². The second-order valence-corrected chi connectivity index (χ2v) is 5.83. The van der Waals surface area contributed by atoms with E-state index in [4.69, 9.17) is 0 Å². The zero-order valence-corrected chi connectivity index (χ0v) is 13.7. The van der Waals surface area contributed by atoms with E-state index in [2.05, 4.69) is 25.4 Å². The predicted molar refractivity (Wildman–Crippen MR) is 81.5 cm³/mol. The van der Waals surface area contributed by atoms with Crippen LogP contribution < -0.4 is 10.7 Å². The molecule has 1 fully saturated rings. The van der Waals surface area contributed by atoms with E-state index in [0.717, 1.165) is 0 Å². The molecule has 2 heterocycles. The van der Waals surface area contributed by atoms with Gasteiger partial charge in [-0.2, -0.15) is 18.2 Å². The van der Waals surface area contributed by atoms with E-state index in [0.29, 0.717) is 17.7 Å². The molecule has 0 bridgehead atoms. The minimum Gasteiger partial charge on any atom is -0.339 e. The van der Waals surface area contributed by atoms with Crippen molar-refractivity contribution in [3.8, 4) is 11.4 Å². The maximum Gasteiger partial charge on any atom is 0.471 e. The van der Waals surface area contributed by atoms with Crippen LogP contribution in [0.15, 0.2) is 22.7 Å². The van der Waals surface area contributed by atoms with Gasteiger partial charge < -0.3 is 9.84 Å². The van der Waals surface area contributed by atoms with Crippen LogP contribution in [0.4, 0.5) is 13.2 Å². The first-order valence-corrected chi connectivity index (χ1v) is 7.49. The lowest BCUT2D eigenvalue weighted by Crippen LogP contribution is -2.41. The maximum absolute atomic E-state index is 12.6. The Hall–Kier alpha value is -2.95. The average molecular weight is 369 g/mol. The van der Waals surface area contributed by atoms with E-state index in [1.165, 1.54) is 18.2 Å². The monoisotopic (exact) mass is 369 g/mol. The van der Waals surface area contributed by atoms with Crippen molar-refractivity contribution >= 4 is 11.8 Å². The van der Waals surface area contributed by atoms with Crippen molar-refractivity contribution in [2.75, 3.05) is 13.6 Å². The summed E-state index contributed by atoms with van der Waals surface area (Å²) in [5.74, 6) is -2.46. The van der Waals surface area contributed by atoms with Crippen LogP contribution in [0.5, 0.6) is 0 Å². The third-order valence-corrected chi connectivity index (χ3v) is 3.78. The number of amides is 2. The summed E-state index contributed by atoms with van der Waals surface area (Å²) in [5.41, 5.74) is 3.59. The zero-order chi connectivity index (χ0) is 19.1. The maximum atomic E-state index is 12.6. The molecular weight excluding hydrogens is 355 g/mol. The number of carbonyl (C=O) groups excluding carboxylic acids is 2. The second kappa shape index (κ2) is 6.41. The highest BCUT2D eigenvalue weighted by molar-refractivity contribution is 5.98. The van der Waals surface area contributed by atoms with Crippen LogP contribution in [-0.4, -0.2) is 46.6 Å². The highest BCUT2D eigenvalue weighted by Crippen LogP contribution is 2.30. The molecular formula is C15H14F3N5O3. The molecule has 26 heavy (non-hydrogen) atoms. The van der Waals surface area contributed by atoms with Crippen molar-refractivity contribution in [3.05, 3.63) is 35.2 Å². The molecule has 0 saturated carbocycles. The summed E-state index contributed by atoms with van der Waals surface area (Å²) in [6, 6.07) is 3.64. The molecule has 8 nitrogen and oxygen atoms in total. The summed E-state index contributed by atoms with van der Waals surface area (Å²) >= 11 is 0. The molecule has 1 saturated heterocycles. The molecule has 0 aliphatic carbocycles. The van der Waals surface area contributed by atoms with Crippen LogP contribution in [0, 0.1) is 6.92 Å². The van der Waals surface area contributed by atoms with Crippen molar-refractivity contribution in [2.24, 2.45) is 0 Å². The van der Waals surface area contributed by atoms with Crippen LogP contribution in [-0.2, 0) is 11.0 Å². The molecule has 1 aromatic heterocycles. The summed E-state index contributed by atoms with van der Waals surface area (Å²) in [4.78, 5) is 27.3. The van der Waals surface area contributed by atoms with E-state index in [9.17, 15) is 22.8 Å². The van der Waals surface area contributed by atoms with Gasteiger partial charge in [-0.15, -0.1) is 0 Å². The van der Waals surface area contributed by atoms with Crippen molar-refractivity contribution < 1.29 is 27.3 Å². The van der Waals surface area contributed by atoms with E-state index < -0.39 is 24.0 Å². The van der Waals surface area contributed by atoms with Crippen LogP contribution in [0.3, 0.4) is 0 Å². The number of hydrazine groups is 1. The molecule has 1 unspecified atom stereocenters. The van der Waals surface area contributed by atoms with Gasteiger partial charge in [0.2, 0.25) is 5.82 Å². The number of aromatic nitrogens is 2. The molecule has 1 atom stereocenters. The predicted octanol–water partition coefficient (Wildman–Crippen LogP) is 1.14. The van der Waals surface area contributed by atoms with E-state index in [-0.39, 0.29) is 17.3 Å². The van der Waals surface area contributed by atoms with Gasteiger partial charge in [0.05, 0.1) is 0 Å². The molecule has 1 aliphatic rings. The Kier molecular flexibility index (Phi) is 4.40. The van der Waals surface area contributed by atoms with Crippen LogP contribution in [0.1, 0.15) is 21.8 Å². The van der Waals surface area contributed by atoms with Gasteiger partial charge in [0.1, 0.15) is 6.04 Å². The van der Waals surface area contributed by atoms with Crippen LogP contribution >= 0.6 is 0 Å². The quantitative estimate of drug-likeness (QED) is 0.842. The molecule has 1 aliphatic heterocycles. The van der Waals surface area contributed by atoms with Gasteiger partial charge in [-0.05, 0) is 24.6 Å². The lowest BCUT2D eigenvalue weighted by molar-refractivity contribution is -0.159. The third-order valence-electron chi connectivity index (χ3n) is 3.78. The van der Waals surface area contributed by atoms with Crippen molar-refractivity contribution in [1.82, 2.24) is 25.9 Å². The Labute approximate surface area is 145 Å². The summed E-state index contributed by atoms with van der Waals surface area (Å²) in [7, 11) is 1.67. The van der Waals surface area contributed by atoms with Gasteiger partial charge in [-0.1, -0.05) is 11.2 Å². The van der Waals surface area contributed by atoms with Gasteiger partial charge in [0.25, 0.3) is 11.8 Å². The molecule has 0 spiro atoms. The molecule has 0 radical (unpaired) electrons. The third kappa shape index (κ3) is 3.52. The Morgan fingerprint density at radius 3 is 2.69 bits per heavy atom. The number of aryl methyl sites for hydroxylation is 1. The molecule has 3 rings (SSSR count). The number of carbonyl (C=O) groups is 2. The summed E-state index contributed by atoms with van der Waals surface area (Å²) < 4.78 is 41.9. The number of hydrogen-bond acceptors (Lipinski definition) is 6. The van der Waals surface area contributed by atoms with E-state index in [1.54, 1.807) is 19.0 Å². The molecule has 11 heteroatoms. The number of hydrogen-bond donors (Lipinski definition) is 2. The van der Waals surface area contributed by atoms with Crippen LogP contribution in [0.2, 0.25) is 0 Å². The Balaban J connectivity index is 1.78. The fourth-order valence-corrected chi connectivity index (χ4v) is 2.53. The first-order valence-electron chi connectivity index (χ1n) is 7.49. The molecule has 138 valence electrons. The smallest absolute Gasteiger partial charge is 0.339 e. The molecule has 2 aromatic rings. The highest BCUT2D eigenvalue weighted by Gasteiger charge is 2.38. The zero-order valence-electron chi connectivity index (χ0n) is 13.7. The second-order valence-electron chi connectivity index (χ2n) is 5.83. The number of alkyl halides is 3. The fourth-order valence-electron chi connectivity index (χ4n) is 2.53. The molecule has 2 N–H and O–H groups in total. The normalized spacial score (nSPS) is 18.0. The topological polar surface area (TPSA) is 100 Å². The summed E-state index contributed by atoms with van der Waals surface area (Å²) in [6.45, 7) is 1.93.